The van der Waals surface area contributed by atoms with Crippen LogP contribution in [-0.2, 0) is 0 Å². The van der Waals surface area contributed by atoms with Crippen LogP contribution in [0.4, 0.5) is 0 Å². The van der Waals surface area contributed by atoms with E-state index in [0.29, 0.717) is 11.0 Å². The zero-order valence-corrected chi connectivity index (χ0v) is 7.73. The largest absolute Gasteiger partial charge is 0.115 e. The van der Waals surface area contributed by atoms with Crippen LogP contribution in [-0.4, -0.2) is 0 Å². The molecule has 0 atom stereocenters. The van der Waals surface area contributed by atoms with Gasteiger partial charge in [-0.25, -0.2) is 0 Å². The standard InChI is InChI=1S/C10H13Cl/c1-4-6-10(11)8-5-7-9(2)3/h1,5-6,8-9H,7H2,2-3H3/b8-5-,10-6+. The van der Waals surface area contributed by atoms with E-state index < -0.39 is 0 Å². The van der Waals surface area contributed by atoms with Crippen molar-refractivity contribution in [1.82, 2.24) is 0 Å². The van der Waals surface area contributed by atoms with Gasteiger partial charge in [0.2, 0.25) is 0 Å². The molecule has 0 saturated carbocycles. The molecule has 0 radical (unpaired) electrons. The van der Waals surface area contributed by atoms with Crippen molar-refractivity contribution in [2.24, 2.45) is 5.92 Å². The van der Waals surface area contributed by atoms with E-state index >= 15 is 0 Å². The number of allylic oxidation sites excluding steroid dienone is 4. The molecule has 0 nitrogen and oxygen atoms in total. The number of hydrogen-bond donors (Lipinski definition) is 0. The summed E-state index contributed by atoms with van der Waals surface area (Å²) in [6.07, 6.45) is 11.5. The van der Waals surface area contributed by atoms with E-state index in [4.69, 9.17) is 18.0 Å². The number of halogens is 1. The summed E-state index contributed by atoms with van der Waals surface area (Å²) in [4.78, 5) is 0. The van der Waals surface area contributed by atoms with Gasteiger partial charge in [-0.15, -0.1) is 6.42 Å². The molecule has 0 bridgehead atoms. The molecule has 0 aromatic heterocycles. The Morgan fingerprint density at radius 1 is 1.64 bits per heavy atom. The SMILES string of the molecule is C#C/C=C(Cl)\C=C/CC(C)C. The van der Waals surface area contributed by atoms with Gasteiger partial charge in [-0.1, -0.05) is 37.4 Å². The maximum Gasteiger partial charge on any atom is 0.0486 e. The lowest BCUT2D eigenvalue weighted by atomic mass is 10.1. The van der Waals surface area contributed by atoms with Crippen molar-refractivity contribution in [2.75, 3.05) is 0 Å². The first-order valence-corrected chi connectivity index (χ1v) is 4.03. The summed E-state index contributed by atoms with van der Waals surface area (Å²) in [5.41, 5.74) is 0. The Morgan fingerprint density at radius 2 is 2.27 bits per heavy atom. The third-order valence-corrected chi connectivity index (χ3v) is 1.34. The van der Waals surface area contributed by atoms with Crippen LogP contribution in [0.5, 0.6) is 0 Å². The summed E-state index contributed by atoms with van der Waals surface area (Å²) in [5, 5.41) is 0.619. The Bertz CT molecular complexity index is 191. The highest BCUT2D eigenvalue weighted by molar-refractivity contribution is 6.31. The van der Waals surface area contributed by atoms with Crippen molar-refractivity contribution in [2.45, 2.75) is 20.3 Å². The summed E-state index contributed by atoms with van der Waals surface area (Å²) < 4.78 is 0. The van der Waals surface area contributed by atoms with Crippen LogP contribution in [0.15, 0.2) is 23.3 Å². The molecule has 0 heterocycles. The average molecular weight is 169 g/mol. The molecule has 0 spiro atoms. The summed E-state index contributed by atoms with van der Waals surface area (Å²) in [6, 6.07) is 0. The molecule has 0 aromatic carbocycles. The fraction of sp³-hybridized carbons (Fsp3) is 0.400. The first-order chi connectivity index (χ1) is 5.16. The van der Waals surface area contributed by atoms with Crippen molar-refractivity contribution in [3.8, 4) is 12.3 Å². The minimum atomic E-state index is 0.619. The van der Waals surface area contributed by atoms with Crippen LogP contribution in [0.3, 0.4) is 0 Å². The van der Waals surface area contributed by atoms with Crippen LogP contribution < -0.4 is 0 Å². The highest BCUT2D eigenvalue weighted by Gasteiger charge is 1.87. The molecule has 1 heteroatoms. The van der Waals surface area contributed by atoms with E-state index in [1.165, 1.54) is 0 Å². The van der Waals surface area contributed by atoms with E-state index in [2.05, 4.69) is 19.8 Å². The normalized spacial score (nSPS) is 12.5. The third kappa shape index (κ3) is 7.22. The monoisotopic (exact) mass is 168 g/mol. The molecule has 0 amide bonds. The summed E-state index contributed by atoms with van der Waals surface area (Å²) in [5.74, 6) is 3.03. The van der Waals surface area contributed by atoms with Crippen LogP contribution >= 0.6 is 11.6 Å². The molecule has 0 rings (SSSR count). The minimum absolute atomic E-state index is 0.619. The average Bonchev–Trinajstić information content (AvgIpc) is 1.87. The summed E-state index contributed by atoms with van der Waals surface area (Å²) in [7, 11) is 0. The fourth-order valence-corrected chi connectivity index (χ4v) is 0.733. The van der Waals surface area contributed by atoms with E-state index in [0.717, 1.165) is 6.42 Å². The lowest BCUT2D eigenvalue weighted by molar-refractivity contribution is 0.664. The van der Waals surface area contributed by atoms with Gasteiger partial charge in [-0.05, 0) is 18.4 Å². The van der Waals surface area contributed by atoms with Gasteiger partial charge in [0.1, 0.15) is 0 Å². The van der Waals surface area contributed by atoms with Gasteiger partial charge in [-0.2, -0.15) is 0 Å². The molecule has 60 valence electrons. The predicted molar refractivity (Wildman–Crippen MR) is 51.4 cm³/mol. The van der Waals surface area contributed by atoms with E-state index in [1.807, 2.05) is 12.2 Å². The zero-order chi connectivity index (χ0) is 8.69. The van der Waals surface area contributed by atoms with Gasteiger partial charge >= 0.3 is 0 Å². The molecule has 0 unspecified atom stereocenters. The molecule has 0 N–H and O–H groups in total. The van der Waals surface area contributed by atoms with Crippen LogP contribution in [0.2, 0.25) is 0 Å². The van der Waals surface area contributed by atoms with Gasteiger partial charge in [0, 0.05) is 11.1 Å². The second kappa shape index (κ2) is 6.07. The summed E-state index contributed by atoms with van der Waals surface area (Å²) >= 11 is 5.70. The second-order valence-corrected chi connectivity index (χ2v) is 3.16. The maximum absolute atomic E-state index is 5.70. The Balaban J connectivity index is 3.76. The lowest BCUT2D eigenvalue weighted by Gasteiger charge is -1.95. The van der Waals surface area contributed by atoms with Crippen LogP contribution in [0, 0.1) is 18.3 Å². The highest BCUT2D eigenvalue weighted by atomic mass is 35.5. The second-order valence-electron chi connectivity index (χ2n) is 2.73. The third-order valence-electron chi connectivity index (χ3n) is 1.11. The van der Waals surface area contributed by atoms with Gasteiger partial charge in [-0.3, -0.25) is 0 Å². The number of rotatable bonds is 3. The topological polar surface area (TPSA) is 0 Å². The maximum atomic E-state index is 5.70. The van der Waals surface area contributed by atoms with Crippen molar-refractivity contribution in [3.63, 3.8) is 0 Å². The molecule has 0 saturated heterocycles. The van der Waals surface area contributed by atoms with Crippen molar-refractivity contribution in [1.29, 1.82) is 0 Å². The van der Waals surface area contributed by atoms with Crippen molar-refractivity contribution in [3.05, 3.63) is 23.3 Å². The molecule has 0 fully saturated rings. The van der Waals surface area contributed by atoms with Gasteiger partial charge < -0.3 is 0 Å². The molecular weight excluding hydrogens is 156 g/mol. The highest BCUT2D eigenvalue weighted by Crippen LogP contribution is 2.06. The van der Waals surface area contributed by atoms with E-state index in [9.17, 15) is 0 Å². The Morgan fingerprint density at radius 3 is 2.73 bits per heavy atom. The van der Waals surface area contributed by atoms with E-state index in [1.54, 1.807) is 6.08 Å². The minimum Gasteiger partial charge on any atom is -0.115 e. The van der Waals surface area contributed by atoms with Gasteiger partial charge in [0.05, 0.1) is 0 Å². The fourth-order valence-electron chi connectivity index (χ4n) is 0.581. The molecule has 11 heavy (non-hydrogen) atoms. The number of terminal acetylenes is 1. The predicted octanol–water partition coefficient (Wildman–Crippen LogP) is 3.34. The zero-order valence-electron chi connectivity index (χ0n) is 6.97. The molecule has 0 aliphatic heterocycles. The first-order valence-electron chi connectivity index (χ1n) is 3.65. The lowest BCUT2D eigenvalue weighted by Crippen LogP contribution is -1.80. The first kappa shape index (κ1) is 10.3. The van der Waals surface area contributed by atoms with Gasteiger partial charge in [0.25, 0.3) is 0 Å². The number of hydrogen-bond acceptors (Lipinski definition) is 0. The molecule has 0 aliphatic rings. The molecule has 0 aliphatic carbocycles. The van der Waals surface area contributed by atoms with Crippen molar-refractivity contribution >= 4 is 11.6 Å². The Hall–Kier alpha value is -0.670. The Kier molecular flexibility index (Phi) is 5.70. The molecular formula is C10H13Cl. The Labute approximate surface area is 73.9 Å². The molecule has 0 aromatic rings. The smallest absolute Gasteiger partial charge is 0.0486 e. The summed E-state index contributed by atoms with van der Waals surface area (Å²) in [6.45, 7) is 4.31. The van der Waals surface area contributed by atoms with Crippen LogP contribution in [0.25, 0.3) is 0 Å². The quantitative estimate of drug-likeness (QED) is 0.448. The van der Waals surface area contributed by atoms with Gasteiger partial charge in [0.15, 0.2) is 0 Å². The van der Waals surface area contributed by atoms with Crippen molar-refractivity contribution < 1.29 is 0 Å². The van der Waals surface area contributed by atoms with E-state index in [-0.39, 0.29) is 0 Å². The van der Waals surface area contributed by atoms with Crippen LogP contribution in [0.1, 0.15) is 20.3 Å².